The van der Waals surface area contributed by atoms with Crippen molar-refractivity contribution >= 4 is 5.91 Å². The molecule has 1 amide bonds. The third-order valence-corrected chi connectivity index (χ3v) is 4.74. The summed E-state index contributed by atoms with van der Waals surface area (Å²) in [6.07, 6.45) is 3.26. The predicted molar refractivity (Wildman–Crippen MR) is 99.2 cm³/mol. The van der Waals surface area contributed by atoms with Crippen molar-refractivity contribution < 1.29 is 4.79 Å². The summed E-state index contributed by atoms with van der Waals surface area (Å²) in [5.74, 6) is -0.0692. The fourth-order valence-corrected chi connectivity index (χ4v) is 3.07. The van der Waals surface area contributed by atoms with Crippen LogP contribution < -0.4 is 5.32 Å². The molecule has 132 valence electrons. The Morgan fingerprint density at radius 2 is 1.56 bits per heavy atom. The molecule has 5 nitrogen and oxygen atoms in total. The van der Waals surface area contributed by atoms with Crippen molar-refractivity contribution in [2.75, 3.05) is 32.7 Å². The van der Waals surface area contributed by atoms with E-state index in [-0.39, 0.29) is 5.91 Å². The fraction of sp³-hybridized carbons (Fsp3) is 0.400. The lowest BCUT2D eigenvalue weighted by Crippen LogP contribution is -2.45. The van der Waals surface area contributed by atoms with E-state index in [1.165, 1.54) is 5.56 Å². The number of hydrogen-bond donors (Lipinski definition) is 1. The molecule has 1 aromatic heterocycles. The van der Waals surface area contributed by atoms with E-state index < -0.39 is 0 Å². The minimum atomic E-state index is -0.0692. The summed E-state index contributed by atoms with van der Waals surface area (Å²) in [4.78, 5) is 21.0. The average Bonchev–Trinajstić information content (AvgIpc) is 2.68. The maximum Gasteiger partial charge on any atom is 0.251 e. The number of amides is 1. The SMILES string of the molecule is CCN1CCN(Cc2ccc(CNC(=O)c3ccncc3)cc2)CC1. The molecule has 1 aliphatic rings. The first-order valence-corrected chi connectivity index (χ1v) is 8.95. The quantitative estimate of drug-likeness (QED) is 0.877. The maximum atomic E-state index is 12.0. The first-order valence-electron chi connectivity index (χ1n) is 8.95. The van der Waals surface area contributed by atoms with Crippen LogP contribution in [0.1, 0.15) is 28.4 Å². The van der Waals surface area contributed by atoms with Gasteiger partial charge in [-0.2, -0.15) is 0 Å². The summed E-state index contributed by atoms with van der Waals surface area (Å²) in [5.41, 5.74) is 3.08. The van der Waals surface area contributed by atoms with Crippen LogP contribution in [0.4, 0.5) is 0 Å². The Morgan fingerprint density at radius 1 is 0.960 bits per heavy atom. The van der Waals surface area contributed by atoms with Gasteiger partial charge in [0.2, 0.25) is 0 Å². The molecular weight excluding hydrogens is 312 g/mol. The van der Waals surface area contributed by atoms with E-state index in [1.54, 1.807) is 24.5 Å². The van der Waals surface area contributed by atoms with Gasteiger partial charge in [-0.05, 0) is 29.8 Å². The van der Waals surface area contributed by atoms with Crippen LogP contribution in [0.3, 0.4) is 0 Å². The zero-order chi connectivity index (χ0) is 17.5. The molecule has 1 aromatic carbocycles. The Bertz CT molecular complexity index is 664. The third kappa shape index (κ3) is 5.11. The lowest BCUT2D eigenvalue weighted by atomic mass is 10.1. The number of likely N-dealkylation sites (N-methyl/N-ethyl adjacent to an activating group) is 1. The first-order chi connectivity index (χ1) is 12.2. The van der Waals surface area contributed by atoms with E-state index in [0.29, 0.717) is 12.1 Å². The first kappa shape index (κ1) is 17.6. The number of carbonyl (C=O) groups excluding carboxylic acids is 1. The van der Waals surface area contributed by atoms with Crippen LogP contribution in [0, 0.1) is 0 Å². The second-order valence-electron chi connectivity index (χ2n) is 6.45. The molecule has 1 aliphatic heterocycles. The smallest absolute Gasteiger partial charge is 0.251 e. The molecule has 1 N–H and O–H groups in total. The van der Waals surface area contributed by atoms with E-state index >= 15 is 0 Å². The van der Waals surface area contributed by atoms with Crippen LogP contribution in [-0.2, 0) is 13.1 Å². The summed E-state index contributed by atoms with van der Waals surface area (Å²) >= 11 is 0. The van der Waals surface area contributed by atoms with E-state index in [4.69, 9.17) is 0 Å². The number of aromatic nitrogens is 1. The summed E-state index contributed by atoms with van der Waals surface area (Å²) in [6, 6.07) is 12.0. The van der Waals surface area contributed by atoms with Gasteiger partial charge in [-0.15, -0.1) is 0 Å². The number of rotatable bonds is 6. The molecule has 1 fully saturated rings. The van der Waals surface area contributed by atoms with Gasteiger partial charge in [0.1, 0.15) is 0 Å². The molecule has 1 saturated heterocycles. The Hall–Kier alpha value is -2.24. The zero-order valence-corrected chi connectivity index (χ0v) is 14.8. The van der Waals surface area contributed by atoms with Crippen molar-refractivity contribution in [1.82, 2.24) is 20.1 Å². The van der Waals surface area contributed by atoms with Gasteiger partial charge >= 0.3 is 0 Å². The van der Waals surface area contributed by atoms with Crippen LogP contribution in [0.15, 0.2) is 48.8 Å². The molecule has 25 heavy (non-hydrogen) atoms. The standard InChI is InChI=1S/C20H26N4O/c1-2-23-11-13-24(14-12-23)16-18-5-3-17(4-6-18)15-22-20(25)19-7-9-21-10-8-19/h3-10H,2,11-16H2,1H3,(H,22,25). The lowest BCUT2D eigenvalue weighted by molar-refractivity contribution is 0.0951. The van der Waals surface area contributed by atoms with E-state index in [0.717, 1.165) is 44.8 Å². The molecule has 2 aromatic rings. The number of pyridine rings is 1. The van der Waals surface area contributed by atoms with Crippen molar-refractivity contribution in [1.29, 1.82) is 0 Å². The molecule has 0 bridgehead atoms. The Balaban J connectivity index is 1.47. The van der Waals surface area contributed by atoms with E-state index in [9.17, 15) is 4.79 Å². The summed E-state index contributed by atoms with van der Waals surface area (Å²) in [6.45, 7) is 9.51. The molecule has 3 rings (SSSR count). The zero-order valence-electron chi connectivity index (χ0n) is 14.8. The number of nitrogens with zero attached hydrogens (tertiary/aromatic N) is 3. The molecule has 5 heteroatoms. The molecular formula is C20H26N4O. The second kappa shape index (κ2) is 8.74. The maximum absolute atomic E-state index is 12.0. The average molecular weight is 338 g/mol. The van der Waals surface area contributed by atoms with Crippen LogP contribution in [-0.4, -0.2) is 53.4 Å². The van der Waals surface area contributed by atoms with Crippen molar-refractivity contribution in [3.8, 4) is 0 Å². The lowest BCUT2D eigenvalue weighted by Gasteiger charge is -2.34. The predicted octanol–water partition coefficient (Wildman–Crippen LogP) is 2.15. The third-order valence-electron chi connectivity index (χ3n) is 4.74. The van der Waals surface area contributed by atoms with Crippen molar-refractivity contribution in [3.05, 3.63) is 65.5 Å². The largest absolute Gasteiger partial charge is 0.348 e. The topological polar surface area (TPSA) is 48.5 Å². The van der Waals surface area contributed by atoms with Crippen LogP contribution >= 0.6 is 0 Å². The summed E-state index contributed by atoms with van der Waals surface area (Å²) < 4.78 is 0. The number of piperazine rings is 1. The molecule has 0 unspecified atom stereocenters. The monoisotopic (exact) mass is 338 g/mol. The number of nitrogens with one attached hydrogen (secondary N) is 1. The van der Waals surface area contributed by atoms with Crippen molar-refractivity contribution in [3.63, 3.8) is 0 Å². The summed E-state index contributed by atoms with van der Waals surface area (Å²) in [7, 11) is 0. The minimum Gasteiger partial charge on any atom is -0.348 e. The molecule has 0 saturated carbocycles. The molecule has 2 heterocycles. The van der Waals surface area contributed by atoms with Crippen LogP contribution in [0.25, 0.3) is 0 Å². The Morgan fingerprint density at radius 3 is 2.20 bits per heavy atom. The molecule has 0 aliphatic carbocycles. The number of hydrogen-bond acceptors (Lipinski definition) is 4. The van der Waals surface area contributed by atoms with E-state index in [2.05, 4.69) is 51.3 Å². The van der Waals surface area contributed by atoms with Crippen LogP contribution in [0.2, 0.25) is 0 Å². The van der Waals surface area contributed by atoms with Gasteiger partial charge in [0.05, 0.1) is 0 Å². The van der Waals surface area contributed by atoms with Gasteiger partial charge in [-0.3, -0.25) is 14.7 Å². The Kier molecular flexibility index (Phi) is 6.14. The number of benzene rings is 1. The highest BCUT2D eigenvalue weighted by Gasteiger charge is 2.15. The van der Waals surface area contributed by atoms with E-state index in [1.807, 2.05) is 0 Å². The minimum absolute atomic E-state index is 0.0692. The van der Waals surface area contributed by atoms with Crippen LogP contribution in [0.5, 0.6) is 0 Å². The highest BCUT2D eigenvalue weighted by atomic mass is 16.1. The second-order valence-corrected chi connectivity index (χ2v) is 6.45. The Labute approximate surface area is 149 Å². The van der Waals surface area contributed by atoms with Gasteiger partial charge in [0.25, 0.3) is 5.91 Å². The van der Waals surface area contributed by atoms with Gasteiger partial charge in [0, 0.05) is 57.2 Å². The van der Waals surface area contributed by atoms with Gasteiger partial charge in [0.15, 0.2) is 0 Å². The fourth-order valence-electron chi connectivity index (χ4n) is 3.07. The summed E-state index contributed by atoms with van der Waals surface area (Å²) in [5, 5.41) is 2.94. The molecule has 0 spiro atoms. The van der Waals surface area contributed by atoms with Crippen molar-refractivity contribution in [2.45, 2.75) is 20.0 Å². The van der Waals surface area contributed by atoms with Gasteiger partial charge < -0.3 is 10.2 Å². The molecule has 0 atom stereocenters. The van der Waals surface area contributed by atoms with Crippen molar-refractivity contribution in [2.24, 2.45) is 0 Å². The van der Waals surface area contributed by atoms with Gasteiger partial charge in [-0.25, -0.2) is 0 Å². The highest BCUT2D eigenvalue weighted by Crippen LogP contribution is 2.10. The number of carbonyl (C=O) groups is 1. The normalized spacial score (nSPS) is 15.9. The highest BCUT2D eigenvalue weighted by molar-refractivity contribution is 5.93. The molecule has 0 radical (unpaired) electrons. The van der Waals surface area contributed by atoms with Gasteiger partial charge in [-0.1, -0.05) is 31.2 Å².